The van der Waals surface area contributed by atoms with Crippen LogP contribution >= 0.6 is 22.9 Å². The van der Waals surface area contributed by atoms with E-state index in [-0.39, 0.29) is 0 Å². The van der Waals surface area contributed by atoms with Crippen molar-refractivity contribution in [1.29, 1.82) is 0 Å². The van der Waals surface area contributed by atoms with Crippen molar-refractivity contribution in [3.63, 3.8) is 0 Å². The molecule has 0 fully saturated rings. The molecule has 0 unspecified atom stereocenters. The molecular weight excluding hydrogens is 398 g/mol. The molecule has 0 radical (unpaired) electrons. The molecule has 7 nitrogen and oxygen atoms in total. The first-order valence-corrected chi connectivity index (χ1v) is 10.1. The summed E-state index contributed by atoms with van der Waals surface area (Å²) >= 11 is 7.79. The molecular formula is C19H18ClN5O2S. The van der Waals surface area contributed by atoms with E-state index in [0.29, 0.717) is 41.6 Å². The number of aromatic nitrogens is 4. The average molecular weight is 416 g/mol. The van der Waals surface area contributed by atoms with Crippen LogP contribution in [0, 0.1) is 0 Å². The van der Waals surface area contributed by atoms with E-state index in [4.69, 9.17) is 20.5 Å². The highest BCUT2D eigenvalue weighted by Crippen LogP contribution is 2.26. The Hall–Kier alpha value is -2.55. The van der Waals surface area contributed by atoms with Gasteiger partial charge in [0, 0.05) is 0 Å². The van der Waals surface area contributed by atoms with Gasteiger partial charge in [-0.2, -0.15) is 4.98 Å². The van der Waals surface area contributed by atoms with Crippen molar-refractivity contribution >= 4 is 22.9 Å². The Bertz CT molecular complexity index is 1030. The number of benzene rings is 1. The molecule has 0 saturated carbocycles. The summed E-state index contributed by atoms with van der Waals surface area (Å²) in [6.45, 7) is 3.94. The molecule has 0 spiro atoms. The van der Waals surface area contributed by atoms with Crippen LogP contribution in [0.4, 0.5) is 0 Å². The van der Waals surface area contributed by atoms with E-state index in [0.717, 1.165) is 23.4 Å². The predicted octanol–water partition coefficient (Wildman–Crippen LogP) is 4.91. The maximum Gasteiger partial charge on any atom is 0.249 e. The first-order chi connectivity index (χ1) is 13.7. The molecule has 28 heavy (non-hydrogen) atoms. The summed E-state index contributed by atoms with van der Waals surface area (Å²) in [6.07, 6.45) is 0.970. The fourth-order valence-electron chi connectivity index (χ4n) is 2.80. The molecule has 0 amide bonds. The fourth-order valence-corrected chi connectivity index (χ4v) is 3.66. The molecule has 0 bridgehead atoms. The molecule has 0 aliphatic carbocycles. The topological polar surface area (TPSA) is 81.1 Å². The molecule has 3 heterocycles. The van der Waals surface area contributed by atoms with E-state index in [1.54, 1.807) is 17.4 Å². The highest BCUT2D eigenvalue weighted by Gasteiger charge is 2.17. The Morgan fingerprint density at radius 1 is 1.07 bits per heavy atom. The number of thiophene rings is 1. The first-order valence-electron chi connectivity index (χ1n) is 8.89. The van der Waals surface area contributed by atoms with E-state index >= 15 is 0 Å². The lowest BCUT2D eigenvalue weighted by atomic mass is 10.2. The second-order valence-corrected chi connectivity index (χ2v) is 7.54. The summed E-state index contributed by atoms with van der Waals surface area (Å²) in [5.74, 6) is 2.10. The van der Waals surface area contributed by atoms with Gasteiger partial charge in [-0.15, -0.1) is 21.5 Å². The molecule has 0 N–H and O–H groups in total. The number of nitrogens with zero attached hydrogens (tertiary/aromatic N) is 5. The van der Waals surface area contributed by atoms with E-state index in [1.165, 1.54) is 0 Å². The predicted molar refractivity (Wildman–Crippen MR) is 107 cm³/mol. The Labute approximate surface area is 171 Å². The molecule has 144 valence electrons. The van der Waals surface area contributed by atoms with Crippen molar-refractivity contribution in [3.8, 4) is 22.2 Å². The zero-order valence-electron chi connectivity index (χ0n) is 15.2. The number of halogens is 1. The van der Waals surface area contributed by atoms with Gasteiger partial charge in [0.25, 0.3) is 0 Å². The Balaban J connectivity index is 1.46. The molecule has 3 aromatic heterocycles. The van der Waals surface area contributed by atoms with Crippen LogP contribution in [-0.2, 0) is 13.1 Å². The highest BCUT2D eigenvalue weighted by molar-refractivity contribution is 7.13. The summed E-state index contributed by atoms with van der Waals surface area (Å²) in [4.78, 5) is 7.61. The maximum absolute atomic E-state index is 6.21. The molecule has 4 aromatic rings. The largest absolute Gasteiger partial charge is 0.419 e. The van der Waals surface area contributed by atoms with Crippen LogP contribution in [0.2, 0.25) is 5.02 Å². The minimum Gasteiger partial charge on any atom is -0.419 e. The SMILES string of the molecule is CCCN(Cc1nc(-c2cccs2)no1)Cc1nnc(-c2ccccc2Cl)o1. The molecule has 0 aliphatic heterocycles. The van der Waals surface area contributed by atoms with E-state index in [1.807, 2.05) is 35.7 Å². The lowest BCUT2D eigenvalue weighted by molar-refractivity contribution is 0.201. The summed E-state index contributed by atoms with van der Waals surface area (Å²) in [5.41, 5.74) is 0.724. The summed E-state index contributed by atoms with van der Waals surface area (Å²) in [7, 11) is 0. The molecule has 1 aromatic carbocycles. The maximum atomic E-state index is 6.21. The van der Waals surface area contributed by atoms with Gasteiger partial charge in [0.2, 0.25) is 23.5 Å². The van der Waals surface area contributed by atoms with Gasteiger partial charge in [-0.1, -0.05) is 41.9 Å². The van der Waals surface area contributed by atoms with Crippen LogP contribution in [0.5, 0.6) is 0 Å². The van der Waals surface area contributed by atoms with E-state index in [2.05, 4.69) is 32.2 Å². The molecule has 0 aliphatic rings. The number of hydrogen-bond donors (Lipinski definition) is 0. The Morgan fingerprint density at radius 3 is 2.71 bits per heavy atom. The van der Waals surface area contributed by atoms with Crippen molar-refractivity contribution < 1.29 is 8.94 Å². The quantitative estimate of drug-likeness (QED) is 0.404. The third-order valence-electron chi connectivity index (χ3n) is 4.04. The van der Waals surface area contributed by atoms with Crippen LogP contribution in [0.25, 0.3) is 22.2 Å². The second-order valence-electron chi connectivity index (χ2n) is 6.18. The number of rotatable bonds is 8. The van der Waals surface area contributed by atoms with Gasteiger partial charge in [-0.25, -0.2) is 0 Å². The molecule has 4 rings (SSSR count). The lowest BCUT2D eigenvalue weighted by Crippen LogP contribution is -2.24. The van der Waals surface area contributed by atoms with Crippen molar-refractivity contribution in [2.75, 3.05) is 6.54 Å². The van der Waals surface area contributed by atoms with Crippen molar-refractivity contribution in [2.45, 2.75) is 26.4 Å². The van der Waals surface area contributed by atoms with Crippen molar-refractivity contribution in [2.24, 2.45) is 0 Å². The van der Waals surface area contributed by atoms with Gasteiger partial charge >= 0.3 is 0 Å². The van der Waals surface area contributed by atoms with Crippen LogP contribution < -0.4 is 0 Å². The first kappa shape index (κ1) is 18.8. The summed E-state index contributed by atoms with van der Waals surface area (Å²) in [5, 5.41) is 14.9. The van der Waals surface area contributed by atoms with Crippen LogP contribution in [0.3, 0.4) is 0 Å². The molecule has 9 heteroatoms. The minimum atomic E-state index is 0.412. The van der Waals surface area contributed by atoms with Gasteiger partial charge in [0.15, 0.2) is 0 Å². The third kappa shape index (κ3) is 4.30. The van der Waals surface area contributed by atoms with Gasteiger partial charge in [-0.05, 0) is 36.5 Å². The zero-order chi connectivity index (χ0) is 19.3. The monoisotopic (exact) mass is 415 g/mol. The number of hydrogen-bond acceptors (Lipinski definition) is 8. The summed E-state index contributed by atoms with van der Waals surface area (Å²) in [6, 6.07) is 11.3. The van der Waals surface area contributed by atoms with Gasteiger partial charge in [0.05, 0.1) is 28.6 Å². The van der Waals surface area contributed by atoms with E-state index < -0.39 is 0 Å². The summed E-state index contributed by atoms with van der Waals surface area (Å²) < 4.78 is 11.2. The Kier molecular flexibility index (Phi) is 5.80. The Morgan fingerprint density at radius 2 is 1.93 bits per heavy atom. The molecule has 0 saturated heterocycles. The van der Waals surface area contributed by atoms with Crippen molar-refractivity contribution in [1.82, 2.24) is 25.2 Å². The minimum absolute atomic E-state index is 0.412. The van der Waals surface area contributed by atoms with Crippen LogP contribution in [0.1, 0.15) is 25.1 Å². The zero-order valence-corrected chi connectivity index (χ0v) is 16.8. The standard InChI is InChI=1S/C19H18ClN5O2S/c1-2-9-25(11-16-21-18(24-27-16)15-8-5-10-28-15)12-17-22-23-19(26-17)13-6-3-4-7-14(13)20/h3-8,10H,2,9,11-12H2,1H3. The molecule has 0 atom stereocenters. The van der Waals surface area contributed by atoms with E-state index in [9.17, 15) is 0 Å². The van der Waals surface area contributed by atoms with Crippen LogP contribution in [0.15, 0.2) is 50.7 Å². The highest BCUT2D eigenvalue weighted by atomic mass is 35.5. The van der Waals surface area contributed by atoms with Crippen molar-refractivity contribution in [3.05, 3.63) is 58.6 Å². The van der Waals surface area contributed by atoms with Gasteiger partial charge in [-0.3, -0.25) is 4.90 Å². The average Bonchev–Trinajstić information content (AvgIpc) is 3.44. The van der Waals surface area contributed by atoms with Gasteiger partial charge in [0.1, 0.15) is 0 Å². The van der Waals surface area contributed by atoms with Gasteiger partial charge < -0.3 is 8.94 Å². The second kappa shape index (κ2) is 8.64. The fraction of sp³-hybridized carbons (Fsp3) is 0.263. The van der Waals surface area contributed by atoms with Crippen LogP contribution in [-0.4, -0.2) is 31.8 Å². The normalized spacial score (nSPS) is 11.4. The lowest BCUT2D eigenvalue weighted by Gasteiger charge is -2.17. The smallest absolute Gasteiger partial charge is 0.249 e. The third-order valence-corrected chi connectivity index (χ3v) is 5.23.